The maximum atomic E-state index is 13.0. The largest absolute Gasteiger partial charge is 0.465 e. The molecule has 0 aliphatic carbocycles. The number of pyridine rings is 1. The maximum absolute atomic E-state index is 13.0. The number of nitrogens with zero attached hydrogens (tertiary/aromatic N) is 3. The predicted octanol–water partition coefficient (Wildman–Crippen LogP) is 3.40. The molecule has 2 aromatic rings. The van der Waals surface area contributed by atoms with E-state index >= 15 is 0 Å². The van der Waals surface area contributed by atoms with Crippen LogP contribution >= 0.6 is 11.6 Å². The van der Waals surface area contributed by atoms with E-state index in [9.17, 15) is 9.59 Å². The van der Waals surface area contributed by atoms with E-state index in [1.54, 1.807) is 29.4 Å². The molecule has 1 fully saturated rings. The number of anilines is 2. The summed E-state index contributed by atoms with van der Waals surface area (Å²) in [6.07, 6.45) is 2.41. The van der Waals surface area contributed by atoms with Crippen molar-refractivity contribution in [2.75, 3.05) is 23.3 Å². The van der Waals surface area contributed by atoms with Crippen molar-refractivity contribution >= 4 is 35.0 Å². The molecule has 2 aliphatic heterocycles. The molecule has 2 aliphatic rings. The number of halogens is 1. The third-order valence-corrected chi connectivity index (χ3v) is 5.37. The monoisotopic (exact) mass is 386 g/mol. The fourth-order valence-corrected chi connectivity index (χ4v) is 3.91. The van der Waals surface area contributed by atoms with Gasteiger partial charge in [-0.05, 0) is 43.7 Å². The Balaban J connectivity index is 1.59. The first kappa shape index (κ1) is 17.6. The Kier molecular flexibility index (Phi) is 3.99. The second kappa shape index (κ2) is 6.13. The molecule has 3 heterocycles. The molecule has 0 saturated carbocycles. The van der Waals surface area contributed by atoms with Gasteiger partial charge in [-0.2, -0.15) is 0 Å². The number of hydrogen-bond donors (Lipinski definition) is 2. The zero-order chi connectivity index (χ0) is 19.3. The van der Waals surface area contributed by atoms with Crippen LogP contribution in [0.5, 0.6) is 0 Å². The van der Waals surface area contributed by atoms with Crippen LogP contribution in [0.3, 0.4) is 0 Å². The van der Waals surface area contributed by atoms with E-state index < -0.39 is 11.6 Å². The number of nitrogens with one attached hydrogen (secondary N) is 1. The Hall–Kier alpha value is -2.80. The van der Waals surface area contributed by atoms with Gasteiger partial charge in [-0.15, -0.1) is 0 Å². The van der Waals surface area contributed by atoms with E-state index in [0.29, 0.717) is 29.4 Å². The topological polar surface area (TPSA) is 85.8 Å². The summed E-state index contributed by atoms with van der Waals surface area (Å²) in [5.41, 5.74) is 2.39. The Morgan fingerprint density at radius 2 is 2.04 bits per heavy atom. The molecular formula is C19H19ClN4O3. The van der Waals surface area contributed by atoms with Crippen LogP contribution in [0, 0.1) is 0 Å². The van der Waals surface area contributed by atoms with E-state index in [2.05, 4.69) is 10.3 Å². The Labute approximate surface area is 161 Å². The van der Waals surface area contributed by atoms with Gasteiger partial charge in [-0.1, -0.05) is 11.6 Å². The summed E-state index contributed by atoms with van der Waals surface area (Å²) < 4.78 is 0. The van der Waals surface area contributed by atoms with E-state index in [1.165, 1.54) is 4.90 Å². The van der Waals surface area contributed by atoms with Gasteiger partial charge < -0.3 is 15.3 Å². The molecule has 0 atom stereocenters. The molecule has 4 rings (SSSR count). The van der Waals surface area contributed by atoms with Gasteiger partial charge in [0.2, 0.25) is 0 Å². The number of carbonyl (C=O) groups is 2. The highest BCUT2D eigenvalue weighted by Gasteiger charge is 2.44. The molecule has 1 aromatic heterocycles. The number of aromatic nitrogens is 1. The molecule has 0 bridgehead atoms. The van der Waals surface area contributed by atoms with Crippen molar-refractivity contribution in [1.82, 2.24) is 9.88 Å². The molecule has 140 valence electrons. The van der Waals surface area contributed by atoms with Gasteiger partial charge in [0.1, 0.15) is 0 Å². The van der Waals surface area contributed by atoms with Crippen molar-refractivity contribution in [3.05, 3.63) is 52.8 Å². The van der Waals surface area contributed by atoms with Crippen LogP contribution in [0.4, 0.5) is 16.2 Å². The number of carbonyl (C=O) groups excluding carboxylic acids is 1. The lowest BCUT2D eigenvalue weighted by Gasteiger charge is -2.38. The number of rotatable bonds is 3. The molecule has 0 unspecified atom stereocenters. The van der Waals surface area contributed by atoms with Crippen molar-refractivity contribution in [1.29, 1.82) is 0 Å². The summed E-state index contributed by atoms with van der Waals surface area (Å²) in [5.74, 6) is -0.0914. The standard InChI is InChI=1S/C19H19ClN4O3/c1-19(2)16-5-11(20)3-4-15(16)17(25)24(19)14-6-12(7-21-8-14)22-13-9-23(10-13)18(26)27/h3-8,13,22H,9-10H2,1-2H3,(H,26,27). The maximum Gasteiger partial charge on any atom is 0.407 e. The van der Waals surface area contributed by atoms with Gasteiger partial charge >= 0.3 is 6.09 Å². The summed E-state index contributed by atoms with van der Waals surface area (Å²) in [5, 5.41) is 12.8. The van der Waals surface area contributed by atoms with Gasteiger partial charge in [0.05, 0.1) is 35.3 Å². The Morgan fingerprint density at radius 1 is 1.30 bits per heavy atom. The molecule has 0 radical (unpaired) electrons. The van der Waals surface area contributed by atoms with Crippen LogP contribution < -0.4 is 10.2 Å². The highest BCUT2D eigenvalue weighted by molar-refractivity contribution is 6.31. The minimum Gasteiger partial charge on any atom is -0.465 e. The van der Waals surface area contributed by atoms with Crippen molar-refractivity contribution < 1.29 is 14.7 Å². The summed E-state index contributed by atoms with van der Waals surface area (Å²) in [4.78, 5) is 31.2. The highest BCUT2D eigenvalue weighted by atomic mass is 35.5. The smallest absolute Gasteiger partial charge is 0.407 e. The minimum absolute atomic E-state index is 0.0384. The van der Waals surface area contributed by atoms with Gasteiger partial charge in [0, 0.05) is 23.7 Å². The van der Waals surface area contributed by atoms with Crippen LogP contribution in [0.25, 0.3) is 0 Å². The Bertz CT molecular complexity index is 940. The molecule has 2 N–H and O–H groups in total. The van der Waals surface area contributed by atoms with Crippen LogP contribution in [0.1, 0.15) is 29.8 Å². The van der Waals surface area contributed by atoms with Crippen molar-refractivity contribution in [2.45, 2.75) is 25.4 Å². The molecule has 1 saturated heterocycles. The summed E-state index contributed by atoms with van der Waals surface area (Å²) >= 11 is 6.13. The number of benzene rings is 1. The first-order valence-corrected chi connectivity index (χ1v) is 8.99. The molecule has 1 aromatic carbocycles. The predicted molar refractivity (Wildman–Crippen MR) is 103 cm³/mol. The highest BCUT2D eigenvalue weighted by Crippen LogP contribution is 2.43. The number of hydrogen-bond acceptors (Lipinski definition) is 4. The SMILES string of the molecule is CC1(C)c2cc(Cl)ccc2C(=O)N1c1cncc(NC2CN(C(=O)O)C2)c1. The minimum atomic E-state index is -0.916. The van der Waals surface area contributed by atoms with Crippen LogP contribution in [0.15, 0.2) is 36.7 Å². The average molecular weight is 387 g/mol. The third kappa shape index (κ3) is 2.88. The van der Waals surface area contributed by atoms with Gasteiger partial charge in [0.25, 0.3) is 5.91 Å². The fourth-order valence-electron chi connectivity index (χ4n) is 3.73. The molecule has 8 heteroatoms. The van der Waals surface area contributed by atoms with Crippen molar-refractivity contribution in [3.8, 4) is 0 Å². The van der Waals surface area contributed by atoms with Crippen LogP contribution in [0.2, 0.25) is 5.02 Å². The normalized spacial score (nSPS) is 18.3. The first-order valence-electron chi connectivity index (χ1n) is 8.61. The van der Waals surface area contributed by atoms with E-state index in [0.717, 1.165) is 11.3 Å². The Morgan fingerprint density at radius 3 is 2.74 bits per heavy atom. The zero-order valence-corrected chi connectivity index (χ0v) is 15.7. The van der Waals surface area contributed by atoms with Crippen molar-refractivity contribution in [3.63, 3.8) is 0 Å². The number of fused-ring (bicyclic) bond motifs is 1. The van der Waals surface area contributed by atoms with Crippen LogP contribution in [-0.2, 0) is 5.54 Å². The lowest BCUT2D eigenvalue weighted by atomic mass is 9.93. The van der Waals surface area contributed by atoms with Crippen LogP contribution in [-0.4, -0.2) is 46.1 Å². The van der Waals surface area contributed by atoms with E-state index in [1.807, 2.05) is 26.0 Å². The first-order chi connectivity index (χ1) is 12.8. The molecular weight excluding hydrogens is 368 g/mol. The van der Waals surface area contributed by atoms with Crippen molar-refractivity contribution in [2.24, 2.45) is 0 Å². The third-order valence-electron chi connectivity index (χ3n) is 5.14. The van der Waals surface area contributed by atoms with E-state index in [4.69, 9.17) is 16.7 Å². The van der Waals surface area contributed by atoms with Gasteiger partial charge in [0.15, 0.2) is 0 Å². The second-order valence-electron chi connectivity index (χ2n) is 7.35. The van der Waals surface area contributed by atoms with E-state index in [-0.39, 0.29) is 11.9 Å². The summed E-state index contributed by atoms with van der Waals surface area (Å²) in [6.45, 7) is 4.81. The summed E-state index contributed by atoms with van der Waals surface area (Å²) in [6, 6.07) is 7.21. The molecule has 7 nitrogen and oxygen atoms in total. The average Bonchev–Trinajstić information content (AvgIpc) is 2.76. The quantitative estimate of drug-likeness (QED) is 0.844. The number of likely N-dealkylation sites (tertiary alicyclic amines) is 1. The molecule has 27 heavy (non-hydrogen) atoms. The zero-order valence-electron chi connectivity index (χ0n) is 14.9. The number of carboxylic acid groups (broad SMARTS) is 1. The summed E-state index contributed by atoms with van der Waals surface area (Å²) in [7, 11) is 0. The molecule has 0 spiro atoms. The van der Waals surface area contributed by atoms with Gasteiger partial charge in [-0.25, -0.2) is 4.79 Å². The lowest BCUT2D eigenvalue weighted by molar-refractivity contribution is 0.0981. The lowest BCUT2D eigenvalue weighted by Crippen LogP contribution is -2.56. The second-order valence-corrected chi connectivity index (χ2v) is 7.79. The molecule has 2 amide bonds. The fraction of sp³-hybridized carbons (Fsp3) is 0.316. The number of amides is 2. The van der Waals surface area contributed by atoms with Gasteiger partial charge in [-0.3, -0.25) is 14.7 Å².